The summed E-state index contributed by atoms with van der Waals surface area (Å²) in [7, 11) is 0. The van der Waals surface area contributed by atoms with E-state index in [0.717, 1.165) is 15.6 Å². The molecule has 1 heterocycles. The molecular weight excluding hydrogens is 454 g/mol. The summed E-state index contributed by atoms with van der Waals surface area (Å²) < 4.78 is 2.22. The van der Waals surface area contributed by atoms with E-state index in [1.807, 2.05) is 55.5 Å². The Morgan fingerprint density at radius 3 is 2.83 bits per heavy atom. The van der Waals surface area contributed by atoms with Crippen LogP contribution in [0.25, 0.3) is 0 Å². The highest BCUT2D eigenvalue weighted by Gasteiger charge is 2.11. The number of rotatable bonds is 8. The molecule has 29 heavy (non-hydrogen) atoms. The van der Waals surface area contributed by atoms with E-state index in [4.69, 9.17) is 5.84 Å². The second-order valence-corrected chi connectivity index (χ2v) is 8.01. The Bertz CT molecular complexity index is 1000. The van der Waals surface area contributed by atoms with Gasteiger partial charge >= 0.3 is 0 Å². The zero-order valence-corrected chi connectivity index (χ0v) is 18.1. The van der Waals surface area contributed by atoms with Crippen molar-refractivity contribution in [1.82, 2.24) is 20.2 Å². The van der Waals surface area contributed by atoms with E-state index in [9.17, 15) is 4.79 Å². The van der Waals surface area contributed by atoms with Crippen LogP contribution in [0.4, 0.5) is 5.95 Å². The van der Waals surface area contributed by atoms with Gasteiger partial charge in [0, 0.05) is 11.0 Å². The standard InChI is InChI=1S/C19H20BrN7OS/c1-13-5-7-14(8-6-13)10-22-17(28)12-29-19-26-25-18(27(19)21)24-23-11-15-3-2-4-16(20)9-15/h2-9,11H,10,12,21H2,1H3,(H,22,28)(H,24,25)/b23-11+. The van der Waals surface area contributed by atoms with Gasteiger partial charge in [-0.3, -0.25) is 4.79 Å². The molecule has 0 fully saturated rings. The van der Waals surface area contributed by atoms with Crippen LogP contribution in [-0.2, 0) is 11.3 Å². The summed E-state index contributed by atoms with van der Waals surface area (Å²) in [6.07, 6.45) is 1.64. The van der Waals surface area contributed by atoms with Crippen LogP contribution >= 0.6 is 27.7 Å². The number of nitrogens with two attached hydrogens (primary N) is 1. The fourth-order valence-electron chi connectivity index (χ4n) is 2.29. The molecule has 8 nitrogen and oxygen atoms in total. The Morgan fingerprint density at radius 1 is 1.28 bits per heavy atom. The maximum Gasteiger partial charge on any atom is 0.264 e. The smallest absolute Gasteiger partial charge is 0.264 e. The fraction of sp³-hybridized carbons (Fsp3) is 0.158. The molecule has 1 amide bonds. The topological polar surface area (TPSA) is 110 Å². The Hall–Kier alpha value is -2.85. The molecular formula is C19H20BrN7OS. The molecule has 10 heteroatoms. The summed E-state index contributed by atoms with van der Waals surface area (Å²) in [5.41, 5.74) is 5.89. The third kappa shape index (κ3) is 6.33. The van der Waals surface area contributed by atoms with Crippen LogP contribution in [0.2, 0.25) is 0 Å². The molecule has 0 bridgehead atoms. The lowest BCUT2D eigenvalue weighted by Gasteiger charge is -2.06. The van der Waals surface area contributed by atoms with Crippen LogP contribution in [0.3, 0.4) is 0 Å². The second kappa shape index (κ2) is 10.1. The van der Waals surface area contributed by atoms with Gasteiger partial charge in [-0.25, -0.2) is 10.1 Å². The lowest BCUT2D eigenvalue weighted by molar-refractivity contribution is -0.118. The average molecular weight is 474 g/mol. The van der Waals surface area contributed by atoms with Gasteiger partial charge in [0.2, 0.25) is 11.1 Å². The summed E-state index contributed by atoms with van der Waals surface area (Å²) in [4.78, 5) is 12.1. The first-order chi connectivity index (χ1) is 14.0. The second-order valence-electron chi connectivity index (χ2n) is 6.15. The highest BCUT2D eigenvalue weighted by atomic mass is 79.9. The van der Waals surface area contributed by atoms with Crippen LogP contribution in [0.1, 0.15) is 16.7 Å². The lowest BCUT2D eigenvalue weighted by atomic mass is 10.1. The minimum Gasteiger partial charge on any atom is -0.351 e. The molecule has 4 N–H and O–H groups in total. The summed E-state index contributed by atoms with van der Waals surface area (Å²) in [6.45, 7) is 2.50. The number of anilines is 1. The van der Waals surface area contributed by atoms with Gasteiger partial charge in [-0.15, -0.1) is 10.2 Å². The molecule has 1 aromatic heterocycles. The number of aromatic nitrogens is 3. The number of nitrogens with one attached hydrogen (secondary N) is 2. The number of hydrazone groups is 1. The number of nitrogen functional groups attached to an aromatic ring is 1. The van der Waals surface area contributed by atoms with E-state index in [1.165, 1.54) is 22.0 Å². The van der Waals surface area contributed by atoms with Crippen molar-refractivity contribution in [3.8, 4) is 0 Å². The summed E-state index contributed by atoms with van der Waals surface area (Å²) in [5.74, 6) is 6.32. The van der Waals surface area contributed by atoms with Gasteiger partial charge < -0.3 is 11.2 Å². The van der Waals surface area contributed by atoms with Crippen LogP contribution in [-0.4, -0.2) is 32.7 Å². The Labute approximate surface area is 181 Å². The zero-order chi connectivity index (χ0) is 20.6. The summed E-state index contributed by atoms with van der Waals surface area (Å²) >= 11 is 4.61. The maximum atomic E-state index is 12.1. The van der Waals surface area contributed by atoms with Crippen LogP contribution in [0.5, 0.6) is 0 Å². The van der Waals surface area contributed by atoms with Gasteiger partial charge in [0.05, 0.1) is 12.0 Å². The zero-order valence-electron chi connectivity index (χ0n) is 15.7. The number of thioether (sulfide) groups is 1. The molecule has 150 valence electrons. The van der Waals surface area contributed by atoms with Gasteiger partial charge in [-0.05, 0) is 30.2 Å². The van der Waals surface area contributed by atoms with Crippen molar-refractivity contribution in [3.63, 3.8) is 0 Å². The molecule has 0 aliphatic rings. The molecule has 0 spiro atoms. The number of aryl methyl sites for hydroxylation is 1. The minimum absolute atomic E-state index is 0.110. The first kappa shape index (κ1) is 20.9. The molecule has 0 atom stereocenters. The van der Waals surface area contributed by atoms with Gasteiger partial charge in [0.25, 0.3) is 5.95 Å². The van der Waals surface area contributed by atoms with E-state index in [-0.39, 0.29) is 17.6 Å². The summed E-state index contributed by atoms with van der Waals surface area (Å²) in [6, 6.07) is 15.7. The van der Waals surface area contributed by atoms with Crippen molar-refractivity contribution in [2.24, 2.45) is 5.10 Å². The SMILES string of the molecule is Cc1ccc(CNC(=O)CSc2nnc(N/N=C/c3cccc(Br)c3)n2N)cc1. The summed E-state index contributed by atoms with van der Waals surface area (Å²) in [5, 5.41) is 15.3. The van der Waals surface area contributed by atoms with E-state index < -0.39 is 0 Å². The number of carbonyl (C=O) groups excluding carboxylic acids is 1. The molecule has 2 aromatic carbocycles. The first-order valence-corrected chi connectivity index (χ1v) is 10.5. The van der Waals surface area contributed by atoms with E-state index >= 15 is 0 Å². The highest BCUT2D eigenvalue weighted by molar-refractivity contribution is 9.10. The van der Waals surface area contributed by atoms with Crippen molar-refractivity contribution >= 4 is 45.8 Å². The quantitative estimate of drug-likeness (QED) is 0.201. The Morgan fingerprint density at radius 2 is 2.07 bits per heavy atom. The third-order valence-corrected chi connectivity index (χ3v) is 5.27. The van der Waals surface area contributed by atoms with Gasteiger partial charge in [0.1, 0.15) is 0 Å². The van der Waals surface area contributed by atoms with Gasteiger partial charge in [-0.1, -0.05) is 69.7 Å². The molecule has 0 unspecified atom stereocenters. The van der Waals surface area contributed by atoms with Crippen molar-refractivity contribution < 1.29 is 4.79 Å². The van der Waals surface area contributed by atoms with Gasteiger partial charge in [-0.2, -0.15) is 5.10 Å². The first-order valence-electron chi connectivity index (χ1n) is 8.71. The third-order valence-electron chi connectivity index (χ3n) is 3.83. The predicted molar refractivity (Wildman–Crippen MR) is 119 cm³/mol. The van der Waals surface area contributed by atoms with E-state index in [2.05, 4.69) is 42.0 Å². The Kier molecular flexibility index (Phi) is 7.25. The fourth-order valence-corrected chi connectivity index (χ4v) is 3.39. The molecule has 0 radical (unpaired) electrons. The number of carbonyl (C=O) groups is 1. The molecule has 0 aliphatic heterocycles. The number of hydrogen-bond acceptors (Lipinski definition) is 7. The lowest BCUT2D eigenvalue weighted by Crippen LogP contribution is -2.25. The number of hydrogen-bond donors (Lipinski definition) is 3. The van der Waals surface area contributed by atoms with Crippen molar-refractivity contribution in [3.05, 3.63) is 69.7 Å². The highest BCUT2D eigenvalue weighted by Crippen LogP contribution is 2.16. The largest absolute Gasteiger partial charge is 0.351 e. The molecule has 0 aliphatic carbocycles. The predicted octanol–water partition coefficient (Wildman–Crippen LogP) is 2.92. The average Bonchev–Trinajstić information content (AvgIpc) is 3.06. The van der Waals surface area contributed by atoms with Crippen LogP contribution < -0.4 is 16.6 Å². The van der Waals surface area contributed by atoms with Crippen molar-refractivity contribution in [1.29, 1.82) is 0 Å². The van der Waals surface area contributed by atoms with E-state index in [1.54, 1.807) is 6.21 Å². The molecule has 0 saturated carbocycles. The Balaban J connectivity index is 1.47. The number of halogens is 1. The van der Waals surface area contributed by atoms with Crippen LogP contribution in [0, 0.1) is 6.92 Å². The molecule has 3 aromatic rings. The molecule has 3 rings (SSSR count). The molecule has 0 saturated heterocycles. The monoisotopic (exact) mass is 473 g/mol. The van der Waals surface area contributed by atoms with E-state index in [0.29, 0.717) is 11.7 Å². The number of nitrogens with zero attached hydrogens (tertiary/aromatic N) is 4. The normalized spacial score (nSPS) is 11.0. The number of amides is 1. The van der Waals surface area contributed by atoms with Gasteiger partial charge in [0.15, 0.2) is 0 Å². The maximum absolute atomic E-state index is 12.1. The van der Waals surface area contributed by atoms with Crippen molar-refractivity contribution in [2.75, 3.05) is 17.0 Å². The van der Waals surface area contributed by atoms with Crippen molar-refractivity contribution in [2.45, 2.75) is 18.6 Å². The van der Waals surface area contributed by atoms with Crippen LogP contribution in [0.15, 0.2) is 63.3 Å². The minimum atomic E-state index is -0.110. The number of benzene rings is 2.